The summed E-state index contributed by atoms with van der Waals surface area (Å²) in [6.07, 6.45) is 19.2. The summed E-state index contributed by atoms with van der Waals surface area (Å²) in [5.41, 5.74) is 0. The molecule has 0 saturated heterocycles. The Kier molecular flexibility index (Phi) is 7.78. The number of alkyl halides is 1. The van der Waals surface area contributed by atoms with Crippen molar-refractivity contribution in [3.63, 3.8) is 0 Å². The van der Waals surface area contributed by atoms with Crippen molar-refractivity contribution in [3.8, 4) is 0 Å². The SMILES string of the molecule is CCCC1CCC(CCC2CCC(CCCl)CC2)CC1. The van der Waals surface area contributed by atoms with Crippen LogP contribution in [0.25, 0.3) is 0 Å². The van der Waals surface area contributed by atoms with E-state index in [-0.39, 0.29) is 0 Å². The van der Waals surface area contributed by atoms with Crippen LogP contribution in [0.4, 0.5) is 0 Å². The van der Waals surface area contributed by atoms with Gasteiger partial charge in [-0.05, 0) is 30.1 Å². The van der Waals surface area contributed by atoms with Crippen molar-refractivity contribution in [2.24, 2.45) is 23.7 Å². The largest absolute Gasteiger partial charge is 0.127 e. The van der Waals surface area contributed by atoms with Crippen LogP contribution in [-0.2, 0) is 0 Å². The fourth-order valence-electron chi connectivity index (χ4n) is 4.65. The van der Waals surface area contributed by atoms with Gasteiger partial charge in [0.1, 0.15) is 0 Å². The van der Waals surface area contributed by atoms with Crippen LogP contribution in [0.15, 0.2) is 0 Å². The van der Waals surface area contributed by atoms with E-state index in [1.165, 1.54) is 83.5 Å². The van der Waals surface area contributed by atoms with Crippen LogP contribution in [0.5, 0.6) is 0 Å². The predicted octanol–water partition coefficient (Wildman–Crippen LogP) is 6.81. The van der Waals surface area contributed by atoms with Crippen molar-refractivity contribution in [1.29, 1.82) is 0 Å². The zero-order valence-electron chi connectivity index (χ0n) is 13.6. The fourth-order valence-corrected chi connectivity index (χ4v) is 4.96. The average Bonchev–Trinajstić information content (AvgIpc) is 2.49. The lowest BCUT2D eigenvalue weighted by Gasteiger charge is -2.31. The molecule has 2 fully saturated rings. The van der Waals surface area contributed by atoms with E-state index in [4.69, 9.17) is 11.6 Å². The topological polar surface area (TPSA) is 0 Å². The van der Waals surface area contributed by atoms with Gasteiger partial charge in [0.15, 0.2) is 0 Å². The van der Waals surface area contributed by atoms with Gasteiger partial charge in [-0.2, -0.15) is 0 Å². The van der Waals surface area contributed by atoms with E-state index in [0.717, 1.165) is 29.6 Å². The molecule has 0 spiro atoms. The van der Waals surface area contributed by atoms with Gasteiger partial charge < -0.3 is 0 Å². The molecular formula is C19H35Cl. The van der Waals surface area contributed by atoms with E-state index in [2.05, 4.69) is 6.92 Å². The molecule has 0 aromatic carbocycles. The molecule has 0 bridgehead atoms. The Balaban J connectivity index is 1.55. The Labute approximate surface area is 132 Å². The van der Waals surface area contributed by atoms with Gasteiger partial charge in [-0.15, -0.1) is 11.6 Å². The van der Waals surface area contributed by atoms with Crippen LogP contribution >= 0.6 is 11.6 Å². The molecule has 0 radical (unpaired) electrons. The summed E-state index contributed by atoms with van der Waals surface area (Å²) in [5, 5.41) is 0. The van der Waals surface area contributed by atoms with Crippen LogP contribution in [0.1, 0.15) is 90.4 Å². The fraction of sp³-hybridized carbons (Fsp3) is 1.00. The van der Waals surface area contributed by atoms with Crippen molar-refractivity contribution >= 4 is 11.6 Å². The van der Waals surface area contributed by atoms with E-state index in [1.54, 1.807) is 0 Å². The zero-order valence-corrected chi connectivity index (χ0v) is 14.3. The number of rotatable bonds is 7. The standard InChI is InChI=1S/C19H35Cl/c1-2-3-16-4-6-17(7-5-16)8-9-18-10-12-19(13-11-18)14-15-20/h16-19H,2-15H2,1H3. The first-order valence-electron chi connectivity index (χ1n) is 9.37. The van der Waals surface area contributed by atoms with Gasteiger partial charge in [-0.3, -0.25) is 0 Å². The predicted molar refractivity (Wildman–Crippen MR) is 90.4 cm³/mol. The minimum absolute atomic E-state index is 0.871. The first kappa shape index (κ1) is 16.7. The van der Waals surface area contributed by atoms with Gasteiger partial charge in [0.05, 0.1) is 0 Å². The van der Waals surface area contributed by atoms with Gasteiger partial charge in [0, 0.05) is 5.88 Å². The average molecular weight is 299 g/mol. The summed E-state index contributed by atoms with van der Waals surface area (Å²) in [6, 6.07) is 0. The molecule has 118 valence electrons. The van der Waals surface area contributed by atoms with Crippen molar-refractivity contribution in [2.75, 3.05) is 5.88 Å². The Morgan fingerprint density at radius 2 is 0.950 bits per heavy atom. The van der Waals surface area contributed by atoms with E-state index in [9.17, 15) is 0 Å². The first-order valence-corrected chi connectivity index (χ1v) is 9.91. The summed E-state index contributed by atoms with van der Waals surface area (Å²) < 4.78 is 0. The van der Waals surface area contributed by atoms with Crippen LogP contribution < -0.4 is 0 Å². The highest BCUT2D eigenvalue weighted by Crippen LogP contribution is 2.38. The Morgan fingerprint density at radius 1 is 0.600 bits per heavy atom. The summed E-state index contributed by atoms with van der Waals surface area (Å²) in [7, 11) is 0. The third-order valence-corrected chi connectivity index (χ3v) is 6.35. The van der Waals surface area contributed by atoms with Crippen molar-refractivity contribution in [3.05, 3.63) is 0 Å². The highest BCUT2D eigenvalue weighted by atomic mass is 35.5. The highest BCUT2D eigenvalue weighted by Gasteiger charge is 2.24. The second-order valence-corrected chi connectivity index (χ2v) is 8.00. The molecule has 0 nitrogen and oxygen atoms in total. The van der Waals surface area contributed by atoms with Gasteiger partial charge in [-0.1, -0.05) is 84.0 Å². The molecule has 2 aliphatic carbocycles. The second kappa shape index (κ2) is 9.34. The third kappa shape index (κ3) is 5.58. The maximum Gasteiger partial charge on any atom is 0.0226 e. The first-order chi connectivity index (χ1) is 9.81. The minimum Gasteiger partial charge on any atom is -0.127 e. The zero-order chi connectivity index (χ0) is 14.2. The molecule has 1 heteroatoms. The number of halogens is 1. The monoisotopic (exact) mass is 298 g/mol. The molecule has 0 aromatic rings. The Bertz CT molecular complexity index is 208. The molecule has 2 rings (SSSR count). The van der Waals surface area contributed by atoms with E-state index < -0.39 is 0 Å². The normalized spacial score (nSPS) is 35.1. The van der Waals surface area contributed by atoms with E-state index in [0.29, 0.717) is 0 Å². The molecule has 0 aliphatic heterocycles. The van der Waals surface area contributed by atoms with Gasteiger partial charge in [-0.25, -0.2) is 0 Å². The minimum atomic E-state index is 0.871. The lowest BCUT2D eigenvalue weighted by molar-refractivity contribution is 0.211. The lowest BCUT2D eigenvalue weighted by atomic mass is 9.74. The number of hydrogen-bond donors (Lipinski definition) is 0. The van der Waals surface area contributed by atoms with Crippen LogP contribution in [0.3, 0.4) is 0 Å². The molecule has 0 atom stereocenters. The molecule has 0 aromatic heterocycles. The summed E-state index contributed by atoms with van der Waals surface area (Å²) in [6.45, 7) is 2.34. The summed E-state index contributed by atoms with van der Waals surface area (Å²) >= 11 is 5.87. The number of hydrogen-bond acceptors (Lipinski definition) is 0. The Hall–Kier alpha value is 0.290. The molecule has 0 amide bonds. The van der Waals surface area contributed by atoms with E-state index in [1.807, 2.05) is 0 Å². The molecule has 2 saturated carbocycles. The van der Waals surface area contributed by atoms with Crippen LogP contribution in [0, 0.1) is 23.7 Å². The molecule has 0 heterocycles. The second-order valence-electron chi connectivity index (χ2n) is 7.62. The van der Waals surface area contributed by atoms with Gasteiger partial charge in [0.2, 0.25) is 0 Å². The van der Waals surface area contributed by atoms with Gasteiger partial charge >= 0.3 is 0 Å². The summed E-state index contributed by atoms with van der Waals surface area (Å²) in [4.78, 5) is 0. The van der Waals surface area contributed by atoms with Crippen molar-refractivity contribution < 1.29 is 0 Å². The quantitative estimate of drug-likeness (QED) is 0.453. The third-order valence-electron chi connectivity index (χ3n) is 6.13. The maximum atomic E-state index is 5.87. The Morgan fingerprint density at radius 3 is 1.30 bits per heavy atom. The molecule has 0 unspecified atom stereocenters. The molecule has 0 N–H and O–H groups in total. The molecular weight excluding hydrogens is 264 g/mol. The van der Waals surface area contributed by atoms with Crippen LogP contribution in [0.2, 0.25) is 0 Å². The lowest BCUT2D eigenvalue weighted by Crippen LogP contribution is -2.18. The van der Waals surface area contributed by atoms with Gasteiger partial charge in [0.25, 0.3) is 0 Å². The molecule has 2 aliphatic rings. The molecule has 20 heavy (non-hydrogen) atoms. The summed E-state index contributed by atoms with van der Waals surface area (Å²) in [5.74, 6) is 5.02. The van der Waals surface area contributed by atoms with Crippen molar-refractivity contribution in [1.82, 2.24) is 0 Å². The van der Waals surface area contributed by atoms with Crippen molar-refractivity contribution in [2.45, 2.75) is 90.4 Å². The van der Waals surface area contributed by atoms with E-state index >= 15 is 0 Å². The highest BCUT2D eigenvalue weighted by molar-refractivity contribution is 6.17. The maximum absolute atomic E-state index is 5.87. The smallest absolute Gasteiger partial charge is 0.0226 e. The van der Waals surface area contributed by atoms with Crippen LogP contribution in [-0.4, -0.2) is 5.88 Å².